The topological polar surface area (TPSA) is 83.5 Å². The number of phenolic OH excluding ortho intramolecular Hbond substituents is 1. The van der Waals surface area contributed by atoms with E-state index in [1.807, 2.05) is 0 Å². The summed E-state index contributed by atoms with van der Waals surface area (Å²) in [4.78, 5) is 12.5. The van der Waals surface area contributed by atoms with Gasteiger partial charge < -0.3 is 28.8 Å². The molecule has 2 aromatic carbocycles. The normalized spacial score (nSPS) is 10.6. The van der Waals surface area contributed by atoms with Gasteiger partial charge in [0.05, 0.1) is 46.7 Å². The van der Waals surface area contributed by atoms with E-state index in [2.05, 4.69) is 0 Å². The van der Waals surface area contributed by atoms with Crippen molar-refractivity contribution in [2.45, 2.75) is 0 Å². The van der Waals surface area contributed by atoms with Crippen LogP contribution >= 0.6 is 0 Å². The number of ether oxygens (including phenoxy) is 5. The Morgan fingerprint density at radius 3 is 1.67 bits per heavy atom. The number of allylic oxidation sites excluding steroid dienone is 1. The maximum atomic E-state index is 12.5. The zero-order valence-corrected chi connectivity index (χ0v) is 15.9. The number of phenols is 1. The highest BCUT2D eigenvalue weighted by Crippen LogP contribution is 2.53. The molecule has 0 radical (unpaired) electrons. The lowest BCUT2D eigenvalue weighted by Crippen LogP contribution is -2.03. The maximum absolute atomic E-state index is 12.5. The van der Waals surface area contributed by atoms with E-state index >= 15 is 0 Å². The summed E-state index contributed by atoms with van der Waals surface area (Å²) in [5.74, 6) is 1.04. The fraction of sp³-hybridized carbons (Fsp3) is 0.250. The van der Waals surface area contributed by atoms with Crippen molar-refractivity contribution in [2.24, 2.45) is 0 Å². The molecular formula is C20H22O7. The van der Waals surface area contributed by atoms with Gasteiger partial charge >= 0.3 is 0 Å². The lowest BCUT2D eigenvalue weighted by molar-refractivity contribution is 0.104. The average Bonchev–Trinajstić information content (AvgIpc) is 2.70. The number of aromatic hydroxyl groups is 1. The summed E-state index contributed by atoms with van der Waals surface area (Å²) in [6.07, 6.45) is 2.82. The second-order valence-corrected chi connectivity index (χ2v) is 5.29. The molecule has 0 bridgehead atoms. The molecule has 144 valence electrons. The second-order valence-electron chi connectivity index (χ2n) is 5.29. The van der Waals surface area contributed by atoms with Crippen molar-refractivity contribution < 1.29 is 33.6 Å². The van der Waals surface area contributed by atoms with E-state index in [9.17, 15) is 9.90 Å². The largest absolute Gasteiger partial charge is 0.507 e. The average molecular weight is 374 g/mol. The van der Waals surface area contributed by atoms with Crippen LogP contribution < -0.4 is 23.7 Å². The molecule has 7 nitrogen and oxygen atoms in total. The number of para-hydroxylation sites is 1. The molecule has 0 aliphatic rings. The molecule has 2 aromatic rings. The summed E-state index contributed by atoms with van der Waals surface area (Å²) in [5.41, 5.74) is 0.609. The van der Waals surface area contributed by atoms with Crippen LogP contribution in [0.1, 0.15) is 15.9 Å². The molecule has 0 aliphatic carbocycles. The third-order valence-corrected chi connectivity index (χ3v) is 3.91. The van der Waals surface area contributed by atoms with Gasteiger partial charge in [0.1, 0.15) is 5.75 Å². The Balaban J connectivity index is 2.64. The summed E-state index contributed by atoms with van der Waals surface area (Å²) < 4.78 is 27.1. The van der Waals surface area contributed by atoms with Crippen molar-refractivity contribution in [2.75, 3.05) is 35.5 Å². The van der Waals surface area contributed by atoms with E-state index in [-0.39, 0.29) is 17.1 Å². The van der Waals surface area contributed by atoms with Crippen LogP contribution in [-0.2, 0) is 0 Å². The van der Waals surface area contributed by atoms with Crippen molar-refractivity contribution >= 4 is 11.9 Å². The van der Waals surface area contributed by atoms with Gasteiger partial charge in [-0.1, -0.05) is 12.1 Å². The molecule has 7 heteroatoms. The zero-order chi connectivity index (χ0) is 20.0. The predicted octanol–water partition coefficient (Wildman–Crippen LogP) is 3.33. The van der Waals surface area contributed by atoms with Gasteiger partial charge in [-0.15, -0.1) is 0 Å². The highest BCUT2D eigenvalue weighted by atomic mass is 16.6. The number of methoxy groups -OCH3 is 5. The van der Waals surface area contributed by atoms with Gasteiger partial charge in [0.2, 0.25) is 17.2 Å². The van der Waals surface area contributed by atoms with Crippen LogP contribution in [0.5, 0.6) is 34.5 Å². The van der Waals surface area contributed by atoms with Gasteiger partial charge in [0.15, 0.2) is 17.3 Å². The van der Waals surface area contributed by atoms with Crippen molar-refractivity contribution in [1.29, 1.82) is 0 Å². The molecule has 0 heterocycles. The van der Waals surface area contributed by atoms with E-state index in [1.165, 1.54) is 59.8 Å². The van der Waals surface area contributed by atoms with Gasteiger partial charge in [-0.3, -0.25) is 4.79 Å². The first kappa shape index (κ1) is 20.0. The molecule has 0 saturated carbocycles. The van der Waals surface area contributed by atoms with Gasteiger partial charge in [-0.25, -0.2) is 0 Å². The Labute approximate surface area is 157 Å². The van der Waals surface area contributed by atoms with E-state index in [4.69, 9.17) is 23.7 Å². The second kappa shape index (κ2) is 8.84. The maximum Gasteiger partial charge on any atom is 0.211 e. The molecule has 0 aliphatic heterocycles. The van der Waals surface area contributed by atoms with E-state index in [1.54, 1.807) is 12.1 Å². The minimum absolute atomic E-state index is 0.101. The fourth-order valence-electron chi connectivity index (χ4n) is 2.70. The van der Waals surface area contributed by atoms with Crippen LogP contribution in [0.15, 0.2) is 30.3 Å². The van der Waals surface area contributed by atoms with Gasteiger partial charge in [-0.05, 0) is 24.3 Å². The quantitative estimate of drug-likeness (QED) is 0.560. The minimum Gasteiger partial charge on any atom is -0.507 e. The number of benzene rings is 2. The fourth-order valence-corrected chi connectivity index (χ4v) is 2.70. The molecule has 0 saturated heterocycles. The van der Waals surface area contributed by atoms with Crippen LogP contribution in [-0.4, -0.2) is 46.4 Å². The summed E-state index contributed by atoms with van der Waals surface area (Å²) in [7, 11) is 7.33. The summed E-state index contributed by atoms with van der Waals surface area (Å²) in [5, 5.41) is 9.85. The molecule has 1 N–H and O–H groups in total. The summed E-state index contributed by atoms with van der Waals surface area (Å²) in [6, 6.07) is 6.29. The standard InChI is InChI=1S/C20H22O7/c1-23-16-13(10-11-15(22)12-8-6-7-9-14(12)21)17(24-2)19(26-4)20(27-5)18(16)25-3/h6-11,21H,1-5H3. The molecule has 0 spiro atoms. The van der Waals surface area contributed by atoms with E-state index < -0.39 is 0 Å². The number of hydrogen-bond acceptors (Lipinski definition) is 7. The Kier molecular flexibility index (Phi) is 6.54. The SMILES string of the molecule is COc1c(C=CC(=O)c2ccccc2O)c(OC)c(OC)c(OC)c1OC. The lowest BCUT2D eigenvalue weighted by Gasteiger charge is -2.20. The highest BCUT2D eigenvalue weighted by molar-refractivity contribution is 6.09. The van der Waals surface area contributed by atoms with Crippen molar-refractivity contribution in [3.63, 3.8) is 0 Å². The number of rotatable bonds is 8. The van der Waals surface area contributed by atoms with Gasteiger partial charge in [-0.2, -0.15) is 0 Å². The van der Waals surface area contributed by atoms with Crippen molar-refractivity contribution in [3.05, 3.63) is 41.5 Å². The van der Waals surface area contributed by atoms with Crippen LogP contribution in [0.3, 0.4) is 0 Å². The molecule has 0 aromatic heterocycles. The van der Waals surface area contributed by atoms with Crippen molar-refractivity contribution in [3.8, 4) is 34.5 Å². The zero-order valence-electron chi connectivity index (χ0n) is 15.9. The molecule has 27 heavy (non-hydrogen) atoms. The minimum atomic E-state index is -0.383. The van der Waals surface area contributed by atoms with Gasteiger partial charge in [0, 0.05) is 0 Å². The Morgan fingerprint density at radius 2 is 1.22 bits per heavy atom. The Morgan fingerprint density at radius 1 is 0.778 bits per heavy atom. The van der Waals surface area contributed by atoms with Crippen LogP contribution in [0.25, 0.3) is 6.08 Å². The third kappa shape index (κ3) is 3.76. The van der Waals surface area contributed by atoms with Crippen LogP contribution in [0.2, 0.25) is 0 Å². The van der Waals surface area contributed by atoms with E-state index in [0.717, 1.165) is 0 Å². The molecule has 0 fully saturated rings. The molecule has 0 unspecified atom stereocenters. The first-order valence-corrected chi connectivity index (χ1v) is 7.98. The van der Waals surface area contributed by atoms with Crippen LogP contribution in [0, 0.1) is 0 Å². The Hall–Kier alpha value is -3.35. The highest BCUT2D eigenvalue weighted by Gasteiger charge is 2.27. The Bertz CT molecular complexity index is 823. The number of carbonyl (C=O) groups is 1. The van der Waals surface area contributed by atoms with Gasteiger partial charge in [0.25, 0.3) is 0 Å². The number of ketones is 1. The van der Waals surface area contributed by atoms with Crippen molar-refractivity contribution in [1.82, 2.24) is 0 Å². The lowest BCUT2D eigenvalue weighted by atomic mass is 10.1. The van der Waals surface area contributed by atoms with Crippen LogP contribution in [0.4, 0.5) is 0 Å². The molecular weight excluding hydrogens is 352 g/mol. The first-order chi connectivity index (χ1) is 13.0. The first-order valence-electron chi connectivity index (χ1n) is 7.98. The number of carbonyl (C=O) groups excluding carboxylic acids is 1. The summed E-state index contributed by atoms with van der Waals surface area (Å²) >= 11 is 0. The monoisotopic (exact) mass is 374 g/mol. The third-order valence-electron chi connectivity index (χ3n) is 3.91. The summed E-state index contributed by atoms with van der Waals surface area (Å²) in [6.45, 7) is 0. The predicted molar refractivity (Wildman–Crippen MR) is 101 cm³/mol. The smallest absolute Gasteiger partial charge is 0.211 e. The number of hydrogen-bond donors (Lipinski definition) is 1. The molecule has 0 amide bonds. The molecule has 0 atom stereocenters. The molecule has 2 rings (SSSR count). The van der Waals surface area contributed by atoms with E-state index in [0.29, 0.717) is 34.3 Å².